The Hall–Kier alpha value is -0.870. The van der Waals surface area contributed by atoms with Crippen LogP contribution in [0.2, 0.25) is 0 Å². The molecule has 1 amide bonds. The van der Waals surface area contributed by atoms with E-state index in [1.165, 1.54) is 0 Å². The summed E-state index contributed by atoms with van der Waals surface area (Å²) in [5, 5.41) is 17.3. The third-order valence-corrected chi connectivity index (χ3v) is 2.17. The Kier molecular flexibility index (Phi) is 7.06. The van der Waals surface area contributed by atoms with Gasteiger partial charge in [-0.1, -0.05) is 5.57 Å². The van der Waals surface area contributed by atoms with Crippen LogP contribution in [0.4, 0.5) is 0 Å². The molecule has 14 heavy (non-hydrogen) atoms. The Bertz CT molecular complexity index is 201. The van der Waals surface area contributed by atoms with E-state index in [0.29, 0.717) is 31.3 Å². The molecule has 4 nitrogen and oxygen atoms in total. The number of rotatable bonds is 7. The first-order valence-corrected chi connectivity index (χ1v) is 4.83. The monoisotopic (exact) mass is 201 g/mol. The van der Waals surface area contributed by atoms with Crippen molar-refractivity contribution in [3.8, 4) is 0 Å². The average Bonchev–Trinajstić information content (AvgIpc) is 2.17. The first-order valence-electron chi connectivity index (χ1n) is 4.83. The highest BCUT2D eigenvalue weighted by atomic mass is 16.3. The minimum Gasteiger partial charge on any atom is -0.396 e. The third-order valence-electron chi connectivity index (χ3n) is 2.17. The summed E-state index contributed by atoms with van der Waals surface area (Å²) in [5.41, 5.74) is 6.67. The summed E-state index contributed by atoms with van der Waals surface area (Å²) in [6.07, 6.45) is 2.60. The lowest BCUT2D eigenvalue weighted by atomic mass is 9.99. The van der Waals surface area contributed by atoms with Gasteiger partial charge in [-0.3, -0.25) is 4.79 Å². The molecule has 0 aromatic carbocycles. The Balaban J connectivity index is 4.35. The molecule has 0 saturated heterocycles. The van der Waals surface area contributed by atoms with Crippen molar-refractivity contribution in [2.75, 3.05) is 13.2 Å². The molecule has 0 aliphatic heterocycles. The number of carbonyl (C=O) groups excluding carboxylic acids is 1. The van der Waals surface area contributed by atoms with E-state index in [4.69, 9.17) is 15.9 Å². The van der Waals surface area contributed by atoms with Gasteiger partial charge >= 0.3 is 0 Å². The molecular weight excluding hydrogens is 182 g/mol. The predicted molar refractivity (Wildman–Crippen MR) is 54.5 cm³/mol. The van der Waals surface area contributed by atoms with E-state index in [9.17, 15) is 4.79 Å². The van der Waals surface area contributed by atoms with Gasteiger partial charge in [-0.2, -0.15) is 0 Å². The molecule has 0 heterocycles. The second-order valence-corrected chi connectivity index (χ2v) is 3.25. The van der Waals surface area contributed by atoms with Crippen LogP contribution < -0.4 is 5.73 Å². The highest BCUT2D eigenvalue weighted by Crippen LogP contribution is 2.16. The van der Waals surface area contributed by atoms with Gasteiger partial charge in [0, 0.05) is 18.8 Å². The van der Waals surface area contributed by atoms with Gasteiger partial charge in [0.1, 0.15) is 0 Å². The van der Waals surface area contributed by atoms with Crippen molar-refractivity contribution >= 4 is 5.91 Å². The van der Waals surface area contributed by atoms with Crippen molar-refractivity contribution in [3.63, 3.8) is 0 Å². The quantitative estimate of drug-likeness (QED) is 0.519. The second kappa shape index (κ2) is 7.53. The highest BCUT2D eigenvalue weighted by molar-refractivity contribution is 5.92. The molecule has 0 aliphatic carbocycles. The molecule has 82 valence electrons. The molecule has 0 unspecified atom stereocenters. The van der Waals surface area contributed by atoms with Crippen molar-refractivity contribution in [2.45, 2.75) is 32.6 Å². The van der Waals surface area contributed by atoms with Crippen molar-refractivity contribution in [3.05, 3.63) is 11.1 Å². The fourth-order valence-electron chi connectivity index (χ4n) is 1.26. The fourth-order valence-corrected chi connectivity index (χ4v) is 1.26. The lowest BCUT2D eigenvalue weighted by Gasteiger charge is -2.08. The number of aliphatic hydroxyl groups is 2. The Morgan fingerprint density at radius 2 is 1.57 bits per heavy atom. The molecule has 0 fully saturated rings. The molecule has 0 radical (unpaired) electrons. The number of amides is 1. The van der Waals surface area contributed by atoms with Crippen LogP contribution in [0, 0.1) is 0 Å². The molecule has 0 rings (SSSR count). The topological polar surface area (TPSA) is 83.6 Å². The fraction of sp³-hybridized carbons (Fsp3) is 0.700. The second-order valence-electron chi connectivity index (χ2n) is 3.25. The predicted octanol–water partition coefficient (Wildman–Crippen LogP) is 0.333. The van der Waals surface area contributed by atoms with E-state index in [0.717, 1.165) is 5.57 Å². The number of hydrogen-bond acceptors (Lipinski definition) is 3. The maximum Gasteiger partial charge on any atom is 0.244 e. The number of primary amides is 1. The lowest BCUT2D eigenvalue weighted by molar-refractivity contribution is -0.114. The first kappa shape index (κ1) is 13.1. The highest BCUT2D eigenvalue weighted by Gasteiger charge is 2.06. The zero-order chi connectivity index (χ0) is 11.0. The van der Waals surface area contributed by atoms with Gasteiger partial charge in [0.2, 0.25) is 5.91 Å². The van der Waals surface area contributed by atoms with Gasteiger partial charge in [0.05, 0.1) is 0 Å². The molecule has 0 atom stereocenters. The van der Waals surface area contributed by atoms with Crippen LogP contribution in [0.1, 0.15) is 32.6 Å². The van der Waals surface area contributed by atoms with Gasteiger partial charge in [-0.05, 0) is 32.6 Å². The summed E-state index contributed by atoms with van der Waals surface area (Å²) in [5.74, 6) is -0.420. The molecular formula is C10H19NO3. The van der Waals surface area contributed by atoms with Crippen LogP contribution in [0.3, 0.4) is 0 Å². The summed E-state index contributed by atoms with van der Waals surface area (Å²) in [4.78, 5) is 10.9. The molecule has 0 aromatic heterocycles. The van der Waals surface area contributed by atoms with Crippen molar-refractivity contribution < 1.29 is 15.0 Å². The number of hydrogen-bond donors (Lipinski definition) is 3. The Labute approximate surface area is 84.4 Å². The third kappa shape index (κ3) is 4.99. The lowest BCUT2D eigenvalue weighted by Crippen LogP contribution is -2.14. The minimum absolute atomic E-state index is 0.106. The zero-order valence-corrected chi connectivity index (χ0v) is 8.62. The Morgan fingerprint density at radius 3 is 1.86 bits per heavy atom. The van der Waals surface area contributed by atoms with Crippen LogP contribution in [-0.4, -0.2) is 29.3 Å². The Morgan fingerprint density at radius 1 is 1.14 bits per heavy atom. The normalized spacial score (nSPS) is 9.93. The van der Waals surface area contributed by atoms with Crippen LogP contribution in [0.15, 0.2) is 11.1 Å². The van der Waals surface area contributed by atoms with Crippen molar-refractivity contribution in [1.82, 2.24) is 0 Å². The standard InChI is InChI=1S/C10H19NO3/c1-8(10(11)14)9(4-2-6-12)5-3-7-13/h12-13H,2-7H2,1H3,(H2,11,14). The molecule has 0 spiro atoms. The number of nitrogens with two attached hydrogens (primary N) is 1. The van der Waals surface area contributed by atoms with Crippen LogP contribution >= 0.6 is 0 Å². The summed E-state index contributed by atoms with van der Waals surface area (Å²) >= 11 is 0. The largest absolute Gasteiger partial charge is 0.396 e. The minimum atomic E-state index is -0.420. The van der Waals surface area contributed by atoms with E-state index in [-0.39, 0.29) is 13.2 Å². The van der Waals surface area contributed by atoms with E-state index in [2.05, 4.69) is 0 Å². The van der Waals surface area contributed by atoms with Gasteiger partial charge in [-0.15, -0.1) is 0 Å². The van der Waals surface area contributed by atoms with Gasteiger partial charge in [-0.25, -0.2) is 0 Å². The molecule has 4 heteroatoms. The summed E-state index contributed by atoms with van der Waals surface area (Å²) in [6, 6.07) is 0. The number of carbonyl (C=O) groups is 1. The van der Waals surface area contributed by atoms with E-state index in [1.54, 1.807) is 6.92 Å². The summed E-state index contributed by atoms with van der Waals surface area (Å²) in [6.45, 7) is 1.90. The maximum atomic E-state index is 10.9. The summed E-state index contributed by atoms with van der Waals surface area (Å²) < 4.78 is 0. The van der Waals surface area contributed by atoms with Gasteiger partial charge in [0.15, 0.2) is 0 Å². The van der Waals surface area contributed by atoms with E-state index in [1.807, 2.05) is 0 Å². The van der Waals surface area contributed by atoms with Crippen molar-refractivity contribution in [2.24, 2.45) is 5.73 Å². The van der Waals surface area contributed by atoms with Crippen LogP contribution in [0.5, 0.6) is 0 Å². The molecule has 0 aromatic rings. The molecule has 4 N–H and O–H groups in total. The molecule has 0 aliphatic rings. The SMILES string of the molecule is CC(C(N)=O)=C(CCCO)CCCO. The summed E-state index contributed by atoms with van der Waals surface area (Å²) in [7, 11) is 0. The van der Waals surface area contributed by atoms with Crippen LogP contribution in [-0.2, 0) is 4.79 Å². The van der Waals surface area contributed by atoms with E-state index < -0.39 is 5.91 Å². The zero-order valence-electron chi connectivity index (χ0n) is 8.62. The van der Waals surface area contributed by atoms with Crippen LogP contribution in [0.25, 0.3) is 0 Å². The average molecular weight is 201 g/mol. The number of allylic oxidation sites excluding steroid dienone is 1. The smallest absolute Gasteiger partial charge is 0.244 e. The van der Waals surface area contributed by atoms with E-state index >= 15 is 0 Å². The first-order chi connectivity index (χ1) is 6.63. The molecule has 0 bridgehead atoms. The van der Waals surface area contributed by atoms with Gasteiger partial charge in [0.25, 0.3) is 0 Å². The van der Waals surface area contributed by atoms with Crippen molar-refractivity contribution in [1.29, 1.82) is 0 Å². The molecule has 0 saturated carbocycles. The number of aliphatic hydroxyl groups excluding tert-OH is 2. The van der Waals surface area contributed by atoms with Gasteiger partial charge < -0.3 is 15.9 Å². The maximum absolute atomic E-state index is 10.9.